The molecule has 1 aliphatic rings. The van der Waals surface area contributed by atoms with E-state index in [1.165, 1.54) is 0 Å². The number of nitrogens with one attached hydrogen (secondary N) is 1. The standard InChI is InChI=1S/C21H32IN3O5/c1-13-14(8-10-29-18(27)20(2,3)4)15-16(23-13)24(12-25(22)17(15)26)9-11-30-19(28)21(5,6)7/h23H,8-12H2,1-7H3. The highest BCUT2D eigenvalue weighted by Crippen LogP contribution is 2.33. The lowest BCUT2D eigenvalue weighted by Crippen LogP contribution is -2.43. The largest absolute Gasteiger partial charge is 0.465 e. The Hall–Kier alpha value is -1.78. The number of rotatable bonds is 6. The van der Waals surface area contributed by atoms with E-state index in [1.807, 2.05) is 55.5 Å². The predicted octanol–water partition coefficient (Wildman–Crippen LogP) is 3.61. The van der Waals surface area contributed by atoms with Crippen LogP contribution in [0.15, 0.2) is 0 Å². The fraction of sp³-hybridized carbons (Fsp3) is 0.667. The minimum Gasteiger partial charge on any atom is -0.465 e. The number of fused-ring (bicyclic) bond motifs is 1. The van der Waals surface area contributed by atoms with Crippen LogP contribution in [0.25, 0.3) is 0 Å². The molecule has 30 heavy (non-hydrogen) atoms. The summed E-state index contributed by atoms with van der Waals surface area (Å²) in [5.74, 6) is 0.101. The van der Waals surface area contributed by atoms with E-state index in [4.69, 9.17) is 9.47 Å². The predicted molar refractivity (Wildman–Crippen MR) is 122 cm³/mol. The minimum absolute atomic E-state index is 0.0879. The number of H-pyrrole nitrogens is 1. The Balaban J connectivity index is 2.13. The van der Waals surface area contributed by atoms with Crippen molar-refractivity contribution in [3.63, 3.8) is 0 Å². The van der Waals surface area contributed by atoms with Crippen molar-refractivity contribution < 1.29 is 23.9 Å². The van der Waals surface area contributed by atoms with Crippen LogP contribution in [0.1, 0.15) is 63.2 Å². The van der Waals surface area contributed by atoms with Crippen molar-refractivity contribution >= 4 is 46.5 Å². The molecule has 0 aromatic carbocycles. The Bertz CT molecular complexity index is 820. The van der Waals surface area contributed by atoms with Crippen molar-refractivity contribution in [1.29, 1.82) is 0 Å². The zero-order valence-corrected chi connectivity index (χ0v) is 21.0. The van der Waals surface area contributed by atoms with Crippen LogP contribution in [0.2, 0.25) is 0 Å². The molecule has 0 aliphatic carbocycles. The maximum absolute atomic E-state index is 12.8. The number of hydrogen-bond donors (Lipinski definition) is 1. The van der Waals surface area contributed by atoms with E-state index in [-0.39, 0.29) is 31.1 Å². The third kappa shape index (κ3) is 5.67. The molecule has 0 radical (unpaired) electrons. The molecule has 0 atom stereocenters. The number of anilines is 1. The summed E-state index contributed by atoms with van der Waals surface area (Å²) in [7, 11) is 0. The first-order valence-electron chi connectivity index (χ1n) is 10.0. The summed E-state index contributed by atoms with van der Waals surface area (Å²) < 4.78 is 12.4. The molecule has 8 nitrogen and oxygen atoms in total. The molecule has 1 N–H and O–H groups in total. The number of nitrogens with zero attached hydrogens (tertiary/aromatic N) is 2. The quantitative estimate of drug-likeness (QED) is 0.341. The number of ether oxygens (including phenoxy) is 2. The molecule has 1 aromatic heterocycles. The fourth-order valence-corrected chi connectivity index (χ4v) is 3.55. The number of carbonyl (C=O) groups excluding carboxylic acids is 3. The van der Waals surface area contributed by atoms with Gasteiger partial charge in [0.15, 0.2) is 0 Å². The van der Waals surface area contributed by atoms with Crippen molar-refractivity contribution in [2.75, 3.05) is 31.3 Å². The fourth-order valence-electron chi connectivity index (χ4n) is 2.94. The smallest absolute Gasteiger partial charge is 0.311 e. The molecule has 0 saturated carbocycles. The van der Waals surface area contributed by atoms with E-state index in [9.17, 15) is 14.4 Å². The van der Waals surface area contributed by atoms with Gasteiger partial charge in [0.05, 0.1) is 52.4 Å². The van der Waals surface area contributed by atoms with Crippen molar-refractivity contribution in [2.45, 2.75) is 54.9 Å². The van der Waals surface area contributed by atoms with Crippen LogP contribution >= 0.6 is 22.9 Å². The summed E-state index contributed by atoms with van der Waals surface area (Å²) in [4.78, 5) is 42.2. The zero-order valence-electron chi connectivity index (χ0n) is 18.8. The van der Waals surface area contributed by atoms with Gasteiger partial charge in [0.1, 0.15) is 19.1 Å². The molecular weight excluding hydrogens is 501 g/mol. The van der Waals surface area contributed by atoms with Gasteiger partial charge in [-0.25, -0.2) is 0 Å². The highest BCUT2D eigenvalue weighted by Gasteiger charge is 2.34. The molecule has 2 rings (SSSR count). The Kier molecular flexibility index (Phi) is 7.47. The van der Waals surface area contributed by atoms with Gasteiger partial charge in [-0.15, -0.1) is 0 Å². The monoisotopic (exact) mass is 533 g/mol. The van der Waals surface area contributed by atoms with E-state index in [0.717, 1.165) is 17.1 Å². The van der Waals surface area contributed by atoms with Crippen LogP contribution < -0.4 is 4.90 Å². The lowest BCUT2D eigenvalue weighted by Gasteiger charge is -2.33. The molecular formula is C21H32IN3O5. The van der Waals surface area contributed by atoms with Crippen molar-refractivity contribution in [3.8, 4) is 0 Å². The van der Waals surface area contributed by atoms with Crippen molar-refractivity contribution in [3.05, 3.63) is 16.8 Å². The van der Waals surface area contributed by atoms with E-state index in [0.29, 0.717) is 25.2 Å². The SMILES string of the molecule is Cc1[nH]c2c(c1CCOC(=O)C(C)(C)C)C(=O)N(I)CN2CCOC(=O)C(C)(C)C. The second kappa shape index (κ2) is 9.15. The van der Waals surface area contributed by atoms with E-state index < -0.39 is 10.8 Å². The highest BCUT2D eigenvalue weighted by atomic mass is 127. The summed E-state index contributed by atoms with van der Waals surface area (Å²) in [5.41, 5.74) is 1.17. The Labute approximate surface area is 192 Å². The number of halogens is 1. The number of aryl methyl sites for hydroxylation is 1. The molecule has 1 aliphatic heterocycles. The lowest BCUT2D eigenvalue weighted by molar-refractivity contribution is -0.153. The summed E-state index contributed by atoms with van der Waals surface area (Å²) >= 11 is 1.99. The highest BCUT2D eigenvalue weighted by molar-refractivity contribution is 14.1. The summed E-state index contributed by atoms with van der Waals surface area (Å²) in [6, 6.07) is 0. The van der Waals surface area contributed by atoms with Gasteiger partial charge in [0.2, 0.25) is 0 Å². The molecule has 1 aromatic rings. The second-order valence-electron chi connectivity index (χ2n) is 9.55. The molecule has 1 amide bonds. The second-order valence-corrected chi connectivity index (χ2v) is 10.7. The number of carbonyl (C=O) groups is 3. The number of hydrogen-bond acceptors (Lipinski definition) is 6. The summed E-state index contributed by atoms with van der Waals surface area (Å²) in [6.07, 6.45) is 0.447. The number of amides is 1. The van der Waals surface area contributed by atoms with Crippen LogP contribution in [0.4, 0.5) is 5.82 Å². The van der Waals surface area contributed by atoms with Crippen molar-refractivity contribution in [1.82, 2.24) is 8.10 Å². The minimum atomic E-state index is -0.567. The molecule has 0 unspecified atom stereocenters. The van der Waals surface area contributed by atoms with Gasteiger partial charge in [-0.1, -0.05) is 0 Å². The third-order valence-corrected chi connectivity index (χ3v) is 5.49. The molecule has 0 saturated heterocycles. The molecule has 0 spiro atoms. The maximum atomic E-state index is 12.8. The Morgan fingerprint density at radius 2 is 1.57 bits per heavy atom. The normalized spacial score (nSPS) is 14.6. The van der Waals surface area contributed by atoms with Crippen LogP contribution in [-0.2, 0) is 25.5 Å². The van der Waals surface area contributed by atoms with Crippen LogP contribution in [0.3, 0.4) is 0 Å². The van der Waals surface area contributed by atoms with Gasteiger partial charge in [-0.3, -0.25) is 17.5 Å². The molecule has 2 heterocycles. The van der Waals surface area contributed by atoms with Gasteiger partial charge >= 0.3 is 11.9 Å². The van der Waals surface area contributed by atoms with Crippen molar-refractivity contribution in [2.24, 2.45) is 10.8 Å². The van der Waals surface area contributed by atoms with Gasteiger partial charge < -0.3 is 19.4 Å². The van der Waals surface area contributed by atoms with E-state index in [2.05, 4.69) is 4.98 Å². The third-order valence-electron chi connectivity index (χ3n) is 4.75. The van der Waals surface area contributed by atoms with Gasteiger partial charge in [0, 0.05) is 12.1 Å². The average molecular weight is 533 g/mol. The number of esters is 2. The van der Waals surface area contributed by atoms with E-state index >= 15 is 0 Å². The van der Waals surface area contributed by atoms with Gasteiger partial charge in [-0.05, 0) is 54.0 Å². The number of aromatic nitrogens is 1. The lowest BCUT2D eigenvalue weighted by atomic mass is 9.97. The van der Waals surface area contributed by atoms with Crippen LogP contribution in [0, 0.1) is 17.8 Å². The van der Waals surface area contributed by atoms with Gasteiger partial charge in [-0.2, -0.15) is 0 Å². The molecule has 9 heteroatoms. The van der Waals surface area contributed by atoms with Crippen LogP contribution in [-0.4, -0.2) is 52.4 Å². The zero-order chi connectivity index (χ0) is 22.9. The molecule has 0 fully saturated rings. The average Bonchev–Trinajstić information content (AvgIpc) is 2.94. The van der Waals surface area contributed by atoms with Crippen LogP contribution in [0.5, 0.6) is 0 Å². The number of aromatic amines is 1. The summed E-state index contributed by atoms with van der Waals surface area (Å²) in [6.45, 7) is 14.0. The first kappa shape index (κ1) is 24.5. The van der Waals surface area contributed by atoms with Gasteiger partial charge in [0.25, 0.3) is 5.91 Å². The van der Waals surface area contributed by atoms with E-state index in [1.54, 1.807) is 23.9 Å². The topological polar surface area (TPSA) is 91.9 Å². The summed E-state index contributed by atoms with van der Waals surface area (Å²) in [5, 5.41) is 0. The first-order chi connectivity index (χ1) is 13.7. The molecule has 168 valence electrons. The Morgan fingerprint density at radius 3 is 2.10 bits per heavy atom. The Morgan fingerprint density at radius 1 is 1.03 bits per heavy atom. The molecule has 0 bridgehead atoms. The maximum Gasteiger partial charge on any atom is 0.311 e. The first-order valence-corrected chi connectivity index (χ1v) is 11.0.